The highest BCUT2D eigenvalue weighted by atomic mass is 35.5. The predicted octanol–water partition coefficient (Wildman–Crippen LogP) is 5.31. The Bertz CT molecular complexity index is 1360. The van der Waals surface area contributed by atoms with E-state index in [9.17, 15) is 9.59 Å². The topological polar surface area (TPSA) is 71.3 Å². The lowest BCUT2D eigenvalue weighted by atomic mass is 9.79. The Hall–Kier alpha value is -3.48. The van der Waals surface area contributed by atoms with Crippen molar-refractivity contribution in [1.82, 2.24) is 5.01 Å². The van der Waals surface area contributed by atoms with Gasteiger partial charge in [-0.2, -0.15) is 5.10 Å². The van der Waals surface area contributed by atoms with Gasteiger partial charge in [-0.05, 0) is 29.4 Å². The molecule has 2 atom stereocenters. The van der Waals surface area contributed by atoms with Crippen LogP contribution >= 0.6 is 23.2 Å². The molecule has 8 heteroatoms. The number of benzene rings is 2. The van der Waals surface area contributed by atoms with Crippen molar-refractivity contribution in [3.63, 3.8) is 0 Å². The number of halogens is 2. The molecule has 35 heavy (non-hydrogen) atoms. The lowest BCUT2D eigenvalue weighted by molar-refractivity contribution is -0.130. The summed E-state index contributed by atoms with van der Waals surface area (Å²) in [5.74, 6) is -0.692. The number of rotatable bonds is 5. The van der Waals surface area contributed by atoms with E-state index in [-0.39, 0.29) is 17.7 Å². The average molecular weight is 506 g/mol. The number of nitrogens with zero attached hydrogens (tertiary/aromatic N) is 3. The van der Waals surface area contributed by atoms with Gasteiger partial charge in [0, 0.05) is 22.9 Å². The molecule has 0 saturated heterocycles. The first-order chi connectivity index (χ1) is 17.0. The van der Waals surface area contributed by atoms with Crippen molar-refractivity contribution >= 4 is 52.0 Å². The van der Waals surface area contributed by atoms with Gasteiger partial charge < -0.3 is 4.74 Å². The van der Waals surface area contributed by atoms with E-state index >= 15 is 0 Å². The van der Waals surface area contributed by atoms with Crippen LogP contribution in [0.2, 0.25) is 0 Å². The van der Waals surface area contributed by atoms with E-state index in [1.807, 2.05) is 60.7 Å². The molecule has 0 radical (unpaired) electrons. The Labute approximate surface area is 212 Å². The fourth-order valence-corrected chi connectivity index (χ4v) is 5.02. The van der Waals surface area contributed by atoms with Crippen LogP contribution in [0.5, 0.6) is 5.75 Å². The SMILES string of the molecule is COc1ccccc1C1CC(C2=C(c3ccccc3)C3C=C(Cl)C=CC3=NC2=O)=NN1C(=O)CCl. The molecule has 5 rings (SSSR count). The number of hydrogen-bond donors (Lipinski definition) is 0. The zero-order valence-corrected chi connectivity index (χ0v) is 20.3. The van der Waals surface area contributed by atoms with Crippen molar-refractivity contribution in [2.45, 2.75) is 12.5 Å². The molecule has 3 aliphatic rings. The van der Waals surface area contributed by atoms with E-state index in [2.05, 4.69) is 10.1 Å². The molecule has 0 bridgehead atoms. The Morgan fingerprint density at radius 3 is 2.60 bits per heavy atom. The number of carbonyl (C=O) groups excluding carboxylic acids is 2. The lowest BCUT2D eigenvalue weighted by Crippen LogP contribution is -2.28. The molecule has 6 nitrogen and oxygen atoms in total. The van der Waals surface area contributed by atoms with Crippen LogP contribution in [0, 0.1) is 5.92 Å². The third-order valence-electron chi connectivity index (χ3n) is 6.23. The van der Waals surface area contributed by atoms with Crippen molar-refractivity contribution in [3.05, 3.63) is 94.6 Å². The van der Waals surface area contributed by atoms with E-state index in [0.717, 1.165) is 16.7 Å². The number of carbonyl (C=O) groups is 2. The van der Waals surface area contributed by atoms with Crippen LogP contribution in [0.4, 0.5) is 0 Å². The third-order valence-corrected chi connectivity index (χ3v) is 6.71. The van der Waals surface area contributed by atoms with Gasteiger partial charge in [0.05, 0.1) is 30.1 Å². The fourth-order valence-electron chi connectivity index (χ4n) is 4.71. The van der Waals surface area contributed by atoms with E-state index in [1.165, 1.54) is 5.01 Å². The first-order valence-corrected chi connectivity index (χ1v) is 12.0. The molecule has 2 aromatic carbocycles. The van der Waals surface area contributed by atoms with Gasteiger partial charge in [-0.3, -0.25) is 9.59 Å². The standard InChI is InChI=1S/C27H21Cl2N3O3/c1-35-23-10-6-5-9-18(23)22-14-21(31-32(22)24(33)15-28)26-25(16-7-3-2-4-8-16)19-13-17(29)11-12-20(19)30-27(26)34/h2-13,19,22H,14-15H2,1H3. The molecular formula is C27H21Cl2N3O3. The van der Waals surface area contributed by atoms with Gasteiger partial charge in [-0.1, -0.05) is 66.2 Å². The fraction of sp³-hybridized carbons (Fsp3) is 0.185. The Morgan fingerprint density at radius 2 is 1.86 bits per heavy atom. The molecule has 2 aromatic rings. The predicted molar refractivity (Wildman–Crippen MR) is 138 cm³/mol. The number of alkyl halides is 1. The lowest BCUT2D eigenvalue weighted by Gasteiger charge is -2.27. The van der Waals surface area contributed by atoms with E-state index in [4.69, 9.17) is 27.9 Å². The zero-order valence-electron chi connectivity index (χ0n) is 18.8. The molecule has 2 aliphatic heterocycles. The van der Waals surface area contributed by atoms with Gasteiger partial charge in [-0.25, -0.2) is 10.0 Å². The maximum absolute atomic E-state index is 13.4. The number of hydrogen-bond acceptors (Lipinski definition) is 4. The second-order valence-electron chi connectivity index (χ2n) is 8.24. The molecular weight excluding hydrogens is 485 g/mol. The monoisotopic (exact) mass is 505 g/mol. The van der Waals surface area contributed by atoms with Crippen LogP contribution in [-0.2, 0) is 9.59 Å². The quantitative estimate of drug-likeness (QED) is 0.517. The van der Waals surface area contributed by atoms with Gasteiger partial charge in [-0.15, -0.1) is 11.6 Å². The molecule has 0 saturated carbocycles. The van der Waals surface area contributed by atoms with Gasteiger partial charge in [0.25, 0.3) is 11.8 Å². The molecule has 176 valence electrons. The first-order valence-electron chi connectivity index (χ1n) is 11.1. The Kier molecular flexibility index (Phi) is 6.41. The van der Waals surface area contributed by atoms with Crippen molar-refractivity contribution in [2.75, 3.05) is 13.0 Å². The van der Waals surface area contributed by atoms with Gasteiger partial charge in [0.15, 0.2) is 0 Å². The zero-order chi connectivity index (χ0) is 24.5. The molecule has 2 amide bonds. The minimum absolute atomic E-state index is 0.241. The number of allylic oxidation sites excluding steroid dienone is 5. The molecule has 0 aromatic heterocycles. The normalized spacial score (nSPS) is 21.4. The molecule has 1 aliphatic carbocycles. The molecule has 2 heterocycles. The maximum Gasteiger partial charge on any atom is 0.279 e. The van der Waals surface area contributed by atoms with Crippen LogP contribution in [0.15, 0.2) is 93.5 Å². The summed E-state index contributed by atoms with van der Waals surface area (Å²) in [6, 6.07) is 16.6. The molecule has 0 N–H and O–H groups in total. The number of para-hydroxylation sites is 1. The van der Waals surface area contributed by atoms with Crippen molar-refractivity contribution in [1.29, 1.82) is 0 Å². The smallest absolute Gasteiger partial charge is 0.279 e. The minimum atomic E-state index is -0.472. The van der Waals surface area contributed by atoms with Crippen LogP contribution < -0.4 is 4.74 Å². The highest BCUT2D eigenvalue weighted by Crippen LogP contribution is 2.42. The van der Waals surface area contributed by atoms with E-state index in [1.54, 1.807) is 19.3 Å². The second kappa shape index (κ2) is 9.64. The highest BCUT2D eigenvalue weighted by Gasteiger charge is 2.40. The van der Waals surface area contributed by atoms with Crippen LogP contribution in [0.25, 0.3) is 5.57 Å². The summed E-state index contributed by atoms with van der Waals surface area (Å²) in [6.45, 7) is 0. The summed E-state index contributed by atoms with van der Waals surface area (Å²) in [4.78, 5) is 30.6. The summed E-state index contributed by atoms with van der Waals surface area (Å²) in [7, 11) is 1.58. The van der Waals surface area contributed by atoms with Gasteiger partial charge in [0.2, 0.25) is 0 Å². The van der Waals surface area contributed by atoms with Crippen LogP contribution in [-0.4, -0.2) is 41.2 Å². The van der Waals surface area contributed by atoms with Crippen molar-refractivity contribution in [2.24, 2.45) is 16.0 Å². The molecule has 0 spiro atoms. The maximum atomic E-state index is 13.4. The van der Waals surface area contributed by atoms with E-state index in [0.29, 0.717) is 34.2 Å². The number of ether oxygens (including phenoxy) is 1. The largest absolute Gasteiger partial charge is 0.496 e. The summed E-state index contributed by atoms with van der Waals surface area (Å²) in [5.41, 5.74) is 3.89. The molecule has 0 fully saturated rings. The summed E-state index contributed by atoms with van der Waals surface area (Å²) >= 11 is 12.3. The first kappa shape index (κ1) is 23.3. The van der Waals surface area contributed by atoms with Crippen LogP contribution in [0.1, 0.15) is 23.6 Å². The summed E-state index contributed by atoms with van der Waals surface area (Å²) in [6.07, 6.45) is 5.68. The van der Waals surface area contributed by atoms with Crippen molar-refractivity contribution < 1.29 is 14.3 Å². The number of aliphatic imine (C=N–C) groups is 1. The number of fused-ring (bicyclic) bond motifs is 1. The van der Waals surface area contributed by atoms with E-state index < -0.39 is 11.9 Å². The van der Waals surface area contributed by atoms with Crippen LogP contribution in [0.3, 0.4) is 0 Å². The van der Waals surface area contributed by atoms with Gasteiger partial charge >= 0.3 is 0 Å². The van der Waals surface area contributed by atoms with Gasteiger partial charge in [0.1, 0.15) is 11.6 Å². The summed E-state index contributed by atoms with van der Waals surface area (Å²) in [5, 5.41) is 6.56. The minimum Gasteiger partial charge on any atom is -0.496 e. The second-order valence-corrected chi connectivity index (χ2v) is 8.94. The molecule has 2 unspecified atom stereocenters. The number of hydrazone groups is 1. The third kappa shape index (κ3) is 4.24. The van der Waals surface area contributed by atoms with Crippen molar-refractivity contribution in [3.8, 4) is 5.75 Å². The number of amides is 2. The summed E-state index contributed by atoms with van der Waals surface area (Å²) < 4.78 is 5.54. The number of methoxy groups -OCH3 is 1. The Balaban J connectivity index is 1.68. The number of dihydropyridines is 1. The Morgan fingerprint density at radius 1 is 1.11 bits per heavy atom. The highest BCUT2D eigenvalue weighted by molar-refractivity contribution is 6.36. The average Bonchev–Trinajstić information content (AvgIpc) is 3.33.